The number of non-ortho nitro benzene ring substituents is 1. The first-order valence-corrected chi connectivity index (χ1v) is 11.7. The van der Waals surface area contributed by atoms with Gasteiger partial charge in [0.25, 0.3) is 11.6 Å². The van der Waals surface area contributed by atoms with E-state index in [-0.39, 0.29) is 28.3 Å². The van der Waals surface area contributed by atoms with Gasteiger partial charge in [0.15, 0.2) is 15.8 Å². The SMILES string of the molecule is CCOc1cc(/C=C2/SC(=S)N(c3cccc([N+](=O)[O-])c3)C2=O)ccc1OCc1ccc(F)cc1. The molecule has 0 bridgehead atoms. The lowest BCUT2D eigenvalue weighted by Crippen LogP contribution is -2.27. The lowest BCUT2D eigenvalue weighted by atomic mass is 10.1. The summed E-state index contributed by atoms with van der Waals surface area (Å²) in [6.45, 7) is 2.49. The van der Waals surface area contributed by atoms with Crippen molar-refractivity contribution in [3.63, 3.8) is 0 Å². The molecule has 0 radical (unpaired) electrons. The van der Waals surface area contributed by atoms with Crippen molar-refractivity contribution in [2.45, 2.75) is 13.5 Å². The number of nitro benzene ring substituents is 1. The van der Waals surface area contributed by atoms with Gasteiger partial charge in [-0.3, -0.25) is 19.8 Å². The monoisotopic (exact) mass is 510 g/mol. The van der Waals surface area contributed by atoms with E-state index in [2.05, 4.69) is 0 Å². The lowest BCUT2D eigenvalue weighted by molar-refractivity contribution is -0.384. The largest absolute Gasteiger partial charge is 0.490 e. The van der Waals surface area contributed by atoms with E-state index in [1.54, 1.807) is 42.5 Å². The van der Waals surface area contributed by atoms with Gasteiger partial charge < -0.3 is 9.47 Å². The van der Waals surface area contributed by atoms with E-state index in [9.17, 15) is 19.3 Å². The number of amides is 1. The van der Waals surface area contributed by atoms with Crippen molar-refractivity contribution < 1.29 is 23.6 Å². The Labute approximate surface area is 210 Å². The summed E-state index contributed by atoms with van der Waals surface area (Å²) in [7, 11) is 0. The van der Waals surface area contributed by atoms with Gasteiger partial charge in [0.05, 0.1) is 22.1 Å². The molecule has 0 aliphatic carbocycles. The minimum Gasteiger partial charge on any atom is -0.490 e. The van der Waals surface area contributed by atoms with Crippen LogP contribution in [0.1, 0.15) is 18.1 Å². The van der Waals surface area contributed by atoms with Crippen molar-refractivity contribution in [3.05, 3.63) is 98.7 Å². The van der Waals surface area contributed by atoms with Gasteiger partial charge in [0.2, 0.25) is 0 Å². The third-order valence-corrected chi connectivity index (χ3v) is 6.27. The first kappa shape index (κ1) is 24.4. The highest BCUT2D eigenvalue weighted by Gasteiger charge is 2.34. The Bertz CT molecular complexity index is 1330. The summed E-state index contributed by atoms with van der Waals surface area (Å²) in [5, 5.41) is 11.1. The zero-order valence-electron chi connectivity index (χ0n) is 18.5. The molecule has 1 amide bonds. The molecule has 3 aromatic rings. The number of thiocarbonyl (C=S) groups is 1. The smallest absolute Gasteiger partial charge is 0.271 e. The van der Waals surface area contributed by atoms with Gasteiger partial charge >= 0.3 is 0 Å². The molecule has 1 saturated heterocycles. The summed E-state index contributed by atoms with van der Waals surface area (Å²) in [6, 6.07) is 17.1. The molecule has 0 aromatic heterocycles. The summed E-state index contributed by atoms with van der Waals surface area (Å²) in [6.07, 6.45) is 1.68. The van der Waals surface area contributed by atoms with E-state index in [1.165, 1.54) is 35.2 Å². The Morgan fingerprint density at radius 2 is 1.86 bits per heavy atom. The van der Waals surface area contributed by atoms with Crippen LogP contribution in [-0.4, -0.2) is 21.8 Å². The molecule has 35 heavy (non-hydrogen) atoms. The second kappa shape index (κ2) is 10.7. The van der Waals surface area contributed by atoms with Crippen LogP contribution in [0.25, 0.3) is 6.08 Å². The maximum absolute atomic E-state index is 13.1. The van der Waals surface area contributed by atoms with Gasteiger partial charge in [-0.25, -0.2) is 4.39 Å². The number of thioether (sulfide) groups is 1. The number of carbonyl (C=O) groups excluding carboxylic acids is 1. The van der Waals surface area contributed by atoms with Crippen molar-refractivity contribution in [1.29, 1.82) is 0 Å². The highest BCUT2D eigenvalue weighted by molar-refractivity contribution is 8.27. The Morgan fingerprint density at radius 1 is 1.09 bits per heavy atom. The Hall–Kier alpha value is -3.76. The molecular formula is C25H19FN2O5S2. The van der Waals surface area contributed by atoms with Crippen LogP contribution in [0.3, 0.4) is 0 Å². The van der Waals surface area contributed by atoms with Crippen LogP contribution >= 0.6 is 24.0 Å². The molecule has 0 saturated carbocycles. The van der Waals surface area contributed by atoms with Crippen molar-refractivity contribution in [3.8, 4) is 11.5 Å². The van der Waals surface area contributed by atoms with Crippen molar-refractivity contribution >= 4 is 51.7 Å². The minimum absolute atomic E-state index is 0.127. The molecule has 0 atom stereocenters. The predicted octanol–water partition coefficient (Wildman–Crippen LogP) is 6.12. The number of hydrogen-bond donors (Lipinski definition) is 0. The van der Waals surface area contributed by atoms with Gasteiger partial charge in [0.1, 0.15) is 12.4 Å². The van der Waals surface area contributed by atoms with Crippen LogP contribution in [0.2, 0.25) is 0 Å². The Balaban J connectivity index is 1.55. The van der Waals surface area contributed by atoms with Crippen molar-refractivity contribution in [1.82, 2.24) is 0 Å². The van der Waals surface area contributed by atoms with E-state index >= 15 is 0 Å². The molecular weight excluding hydrogens is 491 g/mol. The molecule has 0 unspecified atom stereocenters. The first-order chi connectivity index (χ1) is 16.9. The van der Waals surface area contributed by atoms with Gasteiger partial charge in [-0.2, -0.15) is 0 Å². The van der Waals surface area contributed by atoms with E-state index in [0.29, 0.717) is 34.3 Å². The molecule has 1 aliphatic rings. The standard InChI is InChI=1S/C25H19FN2O5S2/c1-2-32-22-12-17(8-11-21(22)33-15-16-6-9-18(26)10-7-16)13-23-24(29)27(25(34)35-23)19-4-3-5-20(14-19)28(30)31/h3-14H,2,15H2,1H3/b23-13+. The molecule has 7 nitrogen and oxygen atoms in total. The van der Waals surface area contributed by atoms with Gasteiger partial charge in [0, 0.05) is 12.1 Å². The molecule has 0 N–H and O–H groups in total. The molecule has 10 heteroatoms. The maximum Gasteiger partial charge on any atom is 0.271 e. The second-order valence-electron chi connectivity index (χ2n) is 7.35. The average molecular weight is 511 g/mol. The third kappa shape index (κ3) is 5.67. The fraction of sp³-hybridized carbons (Fsp3) is 0.120. The molecule has 1 fully saturated rings. The van der Waals surface area contributed by atoms with Gasteiger partial charge in [-0.05, 0) is 54.5 Å². The summed E-state index contributed by atoms with van der Waals surface area (Å²) < 4.78 is 25.0. The van der Waals surface area contributed by atoms with Crippen LogP contribution in [-0.2, 0) is 11.4 Å². The zero-order chi connectivity index (χ0) is 24.9. The predicted molar refractivity (Wildman–Crippen MR) is 137 cm³/mol. The molecule has 1 aliphatic heterocycles. The lowest BCUT2D eigenvalue weighted by Gasteiger charge is -2.14. The number of nitro groups is 1. The average Bonchev–Trinajstić information content (AvgIpc) is 3.12. The topological polar surface area (TPSA) is 81.9 Å². The number of nitrogens with zero attached hydrogens (tertiary/aromatic N) is 2. The second-order valence-corrected chi connectivity index (χ2v) is 9.02. The van der Waals surface area contributed by atoms with E-state index in [0.717, 1.165) is 17.3 Å². The highest BCUT2D eigenvalue weighted by Crippen LogP contribution is 2.38. The van der Waals surface area contributed by atoms with Crippen LogP contribution in [0.15, 0.2) is 71.6 Å². The summed E-state index contributed by atoms with van der Waals surface area (Å²) in [5.41, 5.74) is 1.72. The molecule has 1 heterocycles. The van der Waals surface area contributed by atoms with Crippen LogP contribution in [0.4, 0.5) is 15.8 Å². The number of benzene rings is 3. The van der Waals surface area contributed by atoms with Crippen molar-refractivity contribution in [2.24, 2.45) is 0 Å². The number of hydrogen-bond acceptors (Lipinski definition) is 7. The fourth-order valence-electron chi connectivity index (χ4n) is 3.33. The molecule has 4 rings (SSSR count). The molecule has 0 spiro atoms. The van der Waals surface area contributed by atoms with E-state index in [1.807, 2.05) is 6.92 Å². The first-order valence-electron chi connectivity index (χ1n) is 10.5. The van der Waals surface area contributed by atoms with Crippen LogP contribution in [0.5, 0.6) is 11.5 Å². The number of rotatable bonds is 8. The number of ether oxygens (including phenoxy) is 2. The Morgan fingerprint density at radius 3 is 2.57 bits per heavy atom. The van der Waals surface area contributed by atoms with Gasteiger partial charge in [-0.1, -0.05) is 48.2 Å². The van der Waals surface area contributed by atoms with Crippen molar-refractivity contribution in [2.75, 3.05) is 11.5 Å². The zero-order valence-corrected chi connectivity index (χ0v) is 20.1. The minimum atomic E-state index is -0.522. The quantitative estimate of drug-likeness (QED) is 0.156. The maximum atomic E-state index is 13.1. The summed E-state index contributed by atoms with van der Waals surface area (Å²) in [4.78, 5) is 25.3. The third-order valence-electron chi connectivity index (χ3n) is 4.97. The van der Waals surface area contributed by atoms with E-state index < -0.39 is 4.92 Å². The van der Waals surface area contributed by atoms with E-state index in [4.69, 9.17) is 21.7 Å². The highest BCUT2D eigenvalue weighted by atomic mass is 32.2. The summed E-state index contributed by atoms with van der Waals surface area (Å²) in [5.74, 6) is 0.328. The number of anilines is 1. The van der Waals surface area contributed by atoms with Crippen LogP contribution < -0.4 is 14.4 Å². The molecule has 3 aromatic carbocycles. The van der Waals surface area contributed by atoms with Gasteiger partial charge in [-0.15, -0.1) is 0 Å². The molecule has 178 valence electrons. The summed E-state index contributed by atoms with van der Waals surface area (Å²) >= 11 is 6.48. The van der Waals surface area contributed by atoms with Crippen LogP contribution in [0, 0.1) is 15.9 Å². The normalized spacial score (nSPS) is 14.5. The number of halogens is 1. The number of carbonyl (C=O) groups is 1. The Kier molecular flexibility index (Phi) is 7.42. The fourth-order valence-corrected chi connectivity index (χ4v) is 4.63.